The lowest BCUT2D eigenvalue weighted by molar-refractivity contribution is -0.133. The first kappa shape index (κ1) is 22.1. The molecule has 2 aromatic carbocycles. The van der Waals surface area contributed by atoms with Gasteiger partial charge in [0.1, 0.15) is 17.2 Å². The molecule has 2 aromatic rings. The van der Waals surface area contributed by atoms with E-state index in [1.165, 1.54) is 11.4 Å². The van der Waals surface area contributed by atoms with Gasteiger partial charge in [0, 0.05) is 13.1 Å². The van der Waals surface area contributed by atoms with E-state index in [-0.39, 0.29) is 23.1 Å². The second kappa shape index (κ2) is 9.06. The van der Waals surface area contributed by atoms with Crippen LogP contribution in [0.1, 0.15) is 16.7 Å². The van der Waals surface area contributed by atoms with Crippen LogP contribution in [0, 0.1) is 20.8 Å². The normalized spacial score (nSPS) is 14.5. The van der Waals surface area contributed by atoms with Crippen molar-refractivity contribution in [3.63, 3.8) is 0 Å². The molecule has 0 N–H and O–H groups in total. The number of benzene rings is 2. The number of morpholine rings is 1. The molecule has 30 heavy (non-hydrogen) atoms. The zero-order valence-corrected chi connectivity index (χ0v) is 18.7. The Balaban J connectivity index is 2.07. The Kier molecular flexibility index (Phi) is 6.67. The summed E-state index contributed by atoms with van der Waals surface area (Å²) < 4.78 is 39.3. The van der Waals surface area contributed by atoms with Crippen LogP contribution in [0.5, 0.6) is 5.75 Å². The van der Waals surface area contributed by atoms with Crippen molar-refractivity contribution in [1.82, 2.24) is 4.90 Å². The molecule has 1 amide bonds. The van der Waals surface area contributed by atoms with Crippen molar-refractivity contribution >= 4 is 21.6 Å². The molecule has 3 rings (SSSR count). The lowest BCUT2D eigenvalue weighted by atomic mass is 10.1. The summed E-state index contributed by atoms with van der Waals surface area (Å²) >= 11 is 0. The molecule has 7 nitrogen and oxygen atoms in total. The van der Waals surface area contributed by atoms with Gasteiger partial charge in [-0.2, -0.15) is 0 Å². The standard InChI is InChI=1S/C22H28N2O5S/c1-16-5-8-20(28-4)21(13-16)30(26,27)24(19-7-6-17(2)18(3)14-19)15-22(25)23-9-11-29-12-10-23/h5-8,13-14H,9-12,15H2,1-4H3. The fourth-order valence-electron chi connectivity index (χ4n) is 3.34. The minimum Gasteiger partial charge on any atom is -0.495 e. The van der Waals surface area contributed by atoms with Gasteiger partial charge in [-0.3, -0.25) is 9.10 Å². The Bertz CT molecular complexity index is 1030. The molecule has 1 saturated heterocycles. The van der Waals surface area contributed by atoms with Crippen molar-refractivity contribution in [1.29, 1.82) is 0 Å². The van der Waals surface area contributed by atoms with Crippen LogP contribution in [-0.4, -0.2) is 59.2 Å². The van der Waals surface area contributed by atoms with Gasteiger partial charge >= 0.3 is 0 Å². The van der Waals surface area contributed by atoms with Crippen molar-refractivity contribution in [2.75, 3.05) is 44.3 Å². The van der Waals surface area contributed by atoms with E-state index in [1.807, 2.05) is 26.8 Å². The smallest absolute Gasteiger partial charge is 0.268 e. The number of hydrogen-bond donors (Lipinski definition) is 0. The van der Waals surface area contributed by atoms with Gasteiger partial charge in [0.15, 0.2) is 0 Å². The Morgan fingerprint density at radius 1 is 1.07 bits per heavy atom. The average Bonchev–Trinajstić information content (AvgIpc) is 2.74. The summed E-state index contributed by atoms with van der Waals surface area (Å²) in [7, 11) is -2.62. The highest BCUT2D eigenvalue weighted by Gasteiger charge is 2.32. The highest BCUT2D eigenvalue weighted by atomic mass is 32.2. The van der Waals surface area contributed by atoms with Crippen LogP contribution in [0.2, 0.25) is 0 Å². The van der Waals surface area contributed by atoms with Crippen molar-refractivity contribution in [2.24, 2.45) is 0 Å². The first-order chi connectivity index (χ1) is 14.2. The van der Waals surface area contributed by atoms with Crippen molar-refractivity contribution < 1.29 is 22.7 Å². The molecular formula is C22H28N2O5S. The summed E-state index contributed by atoms with van der Waals surface area (Å²) in [5, 5.41) is 0. The Hall–Kier alpha value is -2.58. The van der Waals surface area contributed by atoms with Crippen LogP contribution >= 0.6 is 0 Å². The van der Waals surface area contributed by atoms with Gasteiger partial charge in [0.05, 0.1) is 26.0 Å². The third-order valence-corrected chi connectivity index (χ3v) is 7.10. The molecule has 0 saturated carbocycles. The molecule has 0 spiro atoms. The zero-order chi connectivity index (χ0) is 21.9. The Labute approximate surface area is 178 Å². The van der Waals surface area contributed by atoms with Crippen molar-refractivity contribution in [3.8, 4) is 5.75 Å². The maximum atomic E-state index is 13.7. The zero-order valence-electron chi connectivity index (χ0n) is 17.8. The topological polar surface area (TPSA) is 76.2 Å². The number of sulfonamides is 1. The maximum absolute atomic E-state index is 13.7. The molecule has 1 heterocycles. The van der Waals surface area contributed by atoms with Crippen molar-refractivity contribution in [3.05, 3.63) is 53.1 Å². The summed E-state index contributed by atoms with van der Waals surface area (Å²) in [6.07, 6.45) is 0. The molecule has 0 unspecified atom stereocenters. The fourth-order valence-corrected chi connectivity index (χ4v) is 4.98. The molecule has 8 heteroatoms. The number of carbonyl (C=O) groups is 1. The summed E-state index contributed by atoms with van der Waals surface area (Å²) in [6.45, 7) is 7.21. The molecule has 0 radical (unpaired) electrons. The van der Waals surface area contributed by atoms with E-state index in [2.05, 4.69) is 0 Å². The lowest BCUT2D eigenvalue weighted by Crippen LogP contribution is -2.47. The monoisotopic (exact) mass is 432 g/mol. The number of ether oxygens (including phenoxy) is 2. The van der Waals surface area contributed by atoms with E-state index in [4.69, 9.17) is 9.47 Å². The number of hydrogen-bond acceptors (Lipinski definition) is 5. The number of carbonyl (C=O) groups excluding carboxylic acids is 1. The SMILES string of the molecule is COc1ccc(C)cc1S(=O)(=O)N(CC(=O)N1CCOCC1)c1ccc(C)c(C)c1. The molecule has 1 fully saturated rings. The molecule has 1 aliphatic heterocycles. The lowest BCUT2D eigenvalue weighted by Gasteiger charge is -2.31. The average molecular weight is 433 g/mol. The van der Waals surface area contributed by atoms with Gasteiger partial charge < -0.3 is 14.4 Å². The minimum atomic E-state index is -4.05. The van der Waals surface area contributed by atoms with Crippen LogP contribution in [0.4, 0.5) is 5.69 Å². The molecule has 0 aliphatic carbocycles. The Morgan fingerprint density at radius 3 is 2.40 bits per heavy atom. The fraction of sp³-hybridized carbons (Fsp3) is 0.409. The van der Waals surface area contributed by atoms with Gasteiger partial charge in [-0.15, -0.1) is 0 Å². The maximum Gasteiger partial charge on any atom is 0.268 e. The van der Waals surface area contributed by atoms with Crippen LogP contribution in [0.25, 0.3) is 0 Å². The highest BCUT2D eigenvalue weighted by Crippen LogP contribution is 2.31. The summed E-state index contributed by atoms with van der Waals surface area (Å²) in [5.74, 6) is -0.0139. The van der Waals surface area contributed by atoms with Crippen LogP contribution < -0.4 is 9.04 Å². The van der Waals surface area contributed by atoms with Crippen LogP contribution in [0.15, 0.2) is 41.3 Å². The van der Waals surface area contributed by atoms with E-state index >= 15 is 0 Å². The first-order valence-electron chi connectivity index (χ1n) is 9.84. The van der Waals surface area contributed by atoms with E-state index < -0.39 is 10.0 Å². The molecule has 0 aromatic heterocycles. The van der Waals surface area contributed by atoms with E-state index in [1.54, 1.807) is 35.2 Å². The number of rotatable bonds is 6. The number of aryl methyl sites for hydroxylation is 3. The van der Waals surface area contributed by atoms with Gasteiger partial charge in [0.25, 0.3) is 10.0 Å². The van der Waals surface area contributed by atoms with E-state index in [9.17, 15) is 13.2 Å². The van der Waals surface area contributed by atoms with E-state index in [0.29, 0.717) is 32.0 Å². The summed E-state index contributed by atoms with van der Waals surface area (Å²) in [6, 6.07) is 10.4. The summed E-state index contributed by atoms with van der Waals surface area (Å²) in [4.78, 5) is 14.6. The molecule has 162 valence electrons. The number of amides is 1. The molecular weight excluding hydrogens is 404 g/mol. The molecule has 0 atom stereocenters. The van der Waals surface area contributed by atoms with Gasteiger partial charge in [-0.05, 0) is 61.7 Å². The number of anilines is 1. The quantitative estimate of drug-likeness (QED) is 0.702. The molecule has 1 aliphatic rings. The van der Waals surface area contributed by atoms with Crippen LogP contribution in [0.3, 0.4) is 0 Å². The predicted molar refractivity (Wildman–Crippen MR) is 116 cm³/mol. The third-order valence-electron chi connectivity index (χ3n) is 5.31. The third kappa shape index (κ3) is 4.60. The van der Waals surface area contributed by atoms with Gasteiger partial charge in [-0.25, -0.2) is 8.42 Å². The first-order valence-corrected chi connectivity index (χ1v) is 11.3. The van der Waals surface area contributed by atoms with Gasteiger partial charge in [-0.1, -0.05) is 12.1 Å². The highest BCUT2D eigenvalue weighted by molar-refractivity contribution is 7.93. The predicted octanol–water partition coefficient (Wildman–Crippen LogP) is 2.67. The molecule has 0 bridgehead atoms. The van der Waals surface area contributed by atoms with Crippen molar-refractivity contribution in [2.45, 2.75) is 25.7 Å². The van der Waals surface area contributed by atoms with E-state index in [0.717, 1.165) is 16.7 Å². The number of nitrogens with zero attached hydrogens (tertiary/aromatic N) is 2. The second-order valence-electron chi connectivity index (χ2n) is 7.43. The number of methoxy groups -OCH3 is 1. The largest absolute Gasteiger partial charge is 0.495 e. The second-order valence-corrected chi connectivity index (χ2v) is 9.26. The van der Waals surface area contributed by atoms with Gasteiger partial charge in [0.2, 0.25) is 5.91 Å². The summed E-state index contributed by atoms with van der Waals surface area (Å²) in [5.41, 5.74) is 3.23. The Morgan fingerprint density at radius 2 is 1.77 bits per heavy atom. The minimum absolute atomic E-state index is 0.0398. The van der Waals surface area contributed by atoms with Crippen LogP contribution in [-0.2, 0) is 19.6 Å².